The standard InChI is InChI=1S/C22H17NO2/c24-22(25-16-17-8-3-1-4-9-17)23-15-14-20-19(12-7-13-21(20)23)18-10-5-2-6-11-18/h1-15H,16H2. The van der Waals surface area contributed by atoms with Gasteiger partial charge in [-0.1, -0.05) is 72.8 Å². The number of hydrogen-bond acceptors (Lipinski definition) is 2. The zero-order valence-corrected chi connectivity index (χ0v) is 13.6. The summed E-state index contributed by atoms with van der Waals surface area (Å²) in [6.07, 6.45) is 1.40. The van der Waals surface area contributed by atoms with Crippen molar-refractivity contribution in [2.24, 2.45) is 0 Å². The van der Waals surface area contributed by atoms with E-state index in [1.54, 1.807) is 10.8 Å². The maximum absolute atomic E-state index is 12.5. The maximum atomic E-state index is 12.5. The molecule has 0 atom stereocenters. The lowest BCUT2D eigenvalue weighted by Gasteiger charge is -2.08. The lowest BCUT2D eigenvalue weighted by molar-refractivity contribution is 0.142. The van der Waals surface area contributed by atoms with E-state index in [-0.39, 0.29) is 12.7 Å². The third kappa shape index (κ3) is 3.04. The molecule has 0 saturated carbocycles. The van der Waals surface area contributed by atoms with Crippen LogP contribution >= 0.6 is 0 Å². The molecule has 4 aromatic rings. The van der Waals surface area contributed by atoms with Crippen LogP contribution in [0.2, 0.25) is 0 Å². The number of hydrogen-bond donors (Lipinski definition) is 0. The van der Waals surface area contributed by atoms with Crippen LogP contribution < -0.4 is 0 Å². The minimum absolute atomic E-state index is 0.262. The Balaban J connectivity index is 1.64. The van der Waals surface area contributed by atoms with E-state index in [4.69, 9.17) is 4.74 Å². The van der Waals surface area contributed by atoms with Crippen LogP contribution in [0.1, 0.15) is 5.56 Å². The predicted octanol–water partition coefficient (Wildman–Crippen LogP) is 5.49. The van der Waals surface area contributed by atoms with Crippen molar-refractivity contribution in [3.05, 3.63) is 96.7 Å². The molecule has 4 rings (SSSR count). The highest BCUT2D eigenvalue weighted by Crippen LogP contribution is 2.29. The molecule has 0 radical (unpaired) electrons. The van der Waals surface area contributed by atoms with Gasteiger partial charge in [-0.25, -0.2) is 4.79 Å². The molecule has 0 aliphatic rings. The summed E-state index contributed by atoms with van der Waals surface area (Å²) in [5.74, 6) is 0. The lowest BCUT2D eigenvalue weighted by atomic mass is 10.0. The fourth-order valence-corrected chi connectivity index (χ4v) is 2.99. The molecule has 0 amide bonds. The molecule has 1 aromatic heterocycles. The molecular formula is C22H17NO2. The Morgan fingerprint density at radius 2 is 1.52 bits per heavy atom. The molecule has 0 bridgehead atoms. The Labute approximate surface area is 146 Å². The second kappa shape index (κ2) is 6.65. The summed E-state index contributed by atoms with van der Waals surface area (Å²) >= 11 is 0. The van der Waals surface area contributed by atoms with Gasteiger partial charge >= 0.3 is 6.09 Å². The van der Waals surface area contributed by atoms with Gasteiger partial charge in [0.25, 0.3) is 0 Å². The summed E-state index contributed by atoms with van der Waals surface area (Å²) in [7, 11) is 0. The molecule has 0 N–H and O–H groups in total. The Kier molecular flexibility index (Phi) is 4.05. The summed E-state index contributed by atoms with van der Waals surface area (Å²) in [5.41, 5.74) is 4.05. The molecular weight excluding hydrogens is 310 g/mol. The normalized spacial score (nSPS) is 10.7. The summed E-state index contributed by atoms with van der Waals surface area (Å²) in [6, 6.07) is 27.8. The molecule has 25 heavy (non-hydrogen) atoms. The van der Waals surface area contributed by atoms with Crippen molar-refractivity contribution in [3.8, 4) is 11.1 Å². The van der Waals surface area contributed by atoms with Gasteiger partial charge < -0.3 is 4.74 Å². The van der Waals surface area contributed by atoms with E-state index in [0.717, 1.165) is 27.6 Å². The monoisotopic (exact) mass is 327 g/mol. The van der Waals surface area contributed by atoms with Crippen molar-refractivity contribution in [2.75, 3.05) is 0 Å². The average Bonchev–Trinajstić information content (AvgIpc) is 3.12. The molecule has 0 unspecified atom stereocenters. The summed E-state index contributed by atoms with van der Waals surface area (Å²) < 4.78 is 7.01. The number of fused-ring (bicyclic) bond motifs is 1. The van der Waals surface area contributed by atoms with Gasteiger partial charge in [-0.15, -0.1) is 0 Å². The highest BCUT2D eigenvalue weighted by molar-refractivity contribution is 5.99. The molecule has 3 aromatic carbocycles. The lowest BCUT2D eigenvalue weighted by Crippen LogP contribution is -2.12. The van der Waals surface area contributed by atoms with Crippen LogP contribution in [0.4, 0.5) is 4.79 Å². The van der Waals surface area contributed by atoms with Gasteiger partial charge in [0.05, 0.1) is 5.52 Å². The summed E-state index contributed by atoms with van der Waals surface area (Å²) in [6.45, 7) is 0.262. The van der Waals surface area contributed by atoms with E-state index in [1.165, 1.54) is 0 Å². The third-order valence-electron chi connectivity index (χ3n) is 4.22. The first-order valence-corrected chi connectivity index (χ1v) is 8.19. The van der Waals surface area contributed by atoms with Crippen molar-refractivity contribution >= 4 is 17.0 Å². The molecule has 0 aliphatic carbocycles. The van der Waals surface area contributed by atoms with Crippen molar-refractivity contribution in [2.45, 2.75) is 6.61 Å². The largest absolute Gasteiger partial charge is 0.444 e. The minimum Gasteiger partial charge on any atom is -0.444 e. The first kappa shape index (κ1) is 15.2. The smallest absolute Gasteiger partial charge is 0.418 e. The minimum atomic E-state index is -0.371. The van der Waals surface area contributed by atoms with Crippen LogP contribution in [-0.4, -0.2) is 10.7 Å². The Hall–Kier alpha value is -3.33. The first-order valence-electron chi connectivity index (χ1n) is 8.19. The Morgan fingerprint density at radius 3 is 2.28 bits per heavy atom. The van der Waals surface area contributed by atoms with Gasteiger partial charge in [-0.3, -0.25) is 4.57 Å². The van der Waals surface area contributed by atoms with Crippen molar-refractivity contribution in [1.29, 1.82) is 0 Å². The van der Waals surface area contributed by atoms with E-state index >= 15 is 0 Å². The van der Waals surface area contributed by atoms with Gasteiger partial charge in [0.1, 0.15) is 6.61 Å². The molecule has 1 heterocycles. The van der Waals surface area contributed by atoms with Crippen molar-refractivity contribution in [3.63, 3.8) is 0 Å². The SMILES string of the molecule is O=C(OCc1ccccc1)n1ccc2c(-c3ccccc3)cccc21. The van der Waals surface area contributed by atoms with Crippen LogP contribution in [0.5, 0.6) is 0 Å². The van der Waals surface area contributed by atoms with Crippen LogP contribution in [-0.2, 0) is 11.3 Å². The molecule has 3 heteroatoms. The second-order valence-electron chi connectivity index (χ2n) is 5.83. The summed E-state index contributed by atoms with van der Waals surface area (Å²) in [5, 5.41) is 1.03. The molecule has 0 spiro atoms. The van der Waals surface area contributed by atoms with Crippen molar-refractivity contribution in [1.82, 2.24) is 4.57 Å². The van der Waals surface area contributed by atoms with E-state index in [0.29, 0.717) is 0 Å². The highest BCUT2D eigenvalue weighted by Gasteiger charge is 2.13. The first-order chi connectivity index (χ1) is 12.3. The average molecular weight is 327 g/mol. The van der Waals surface area contributed by atoms with Gasteiger partial charge in [0.15, 0.2) is 0 Å². The van der Waals surface area contributed by atoms with E-state index in [2.05, 4.69) is 18.2 Å². The van der Waals surface area contributed by atoms with E-state index in [9.17, 15) is 4.79 Å². The quantitative estimate of drug-likeness (QED) is 0.498. The number of nitrogens with zero attached hydrogens (tertiary/aromatic N) is 1. The van der Waals surface area contributed by atoms with Crippen molar-refractivity contribution < 1.29 is 9.53 Å². The number of carbonyl (C=O) groups excluding carboxylic acids is 1. The molecule has 0 saturated heterocycles. The number of aromatic nitrogens is 1. The number of rotatable bonds is 3. The maximum Gasteiger partial charge on any atom is 0.418 e. The predicted molar refractivity (Wildman–Crippen MR) is 99.4 cm³/mol. The zero-order valence-electron chi connectivity index (χ0n) is 13.6. The number of carbonyl (C=O) groups is 1. The van der Waals surface area contributed by atoms with Gasteiger partial charge in [0, 0.05) is 11.6 Å². The van der Waals surface area contributed by atoms with Gasteiger partial charge in [0.2, 0.25) is 0 Å². The number of ether oxygens (including phenoxy) is 1. The van der Waals surface area contributed by atoms with Crippen LogP contribution in [0.3, 0.4) is 0 Å². The fraction of sp³-hybridized carbons (Fsp3) is 0.0455. The topological polar surface area (TPSA) is 31.2 Å². The third-order valence-corrected chi connectivity index (χ3v) is 4.22. The van der Waals surface area contributed by atoms with Crippen LogP contribution in [0, 0.1) is 0 Å². The van der Waals surface area contributed by atoms with E-state index in [1.807, 2.05) is 66.7 Å². The van der Waals surface area contributed by atoms with Crippen LogP contribution in [0.15, 0.2) is 91.1 Å². The van der Waals surface area contributed by atoms with Gasteiger partial charge in [-0.2, -0.15) is 0 Å². The highest BCUT2D eigenvalue weighted by atomic mass is 16.5. The summed E-state index contributed by atoms with van der Waals surface area (Å²) in [4.78, 5) is 12.5. The Bertz CT molecular complexity index is 1000. The molecule has 122 valence electrons. The number of benzene rings is 3. The van der Waals surface area contributed by atoms with E-state index < -0.39 is 0 Å². The Morgan fingerprint density at radius 1 is 0.800 bits per heavy atom. The second-order valence-corrected chi connectivity index (χ2v) is 5.83. The molecule has 0 aliphatic heterocycles. The van der Waals surface area contributed by atoms with Crippen LogP contribution in [0.25, 0.3) is 22.0 Å². The molecule has 3 nitrogen and oxygen atoms in total. The fourth-order valence-electron chi connectivity index (χ4n) is 2.99. The molecule has 0 fully saturated rings. The zero-order chi connectivity index (χ0) is 17.1. The van der Waals surface area contributed by atoms with Gasteiger partial charge in [-0.05, 0) is 28.8 Å².